The molecule has 0 saturated carbocycles. The Morgan fingerprint density at radius 1 is 1.07 bits per heavy atom. The maximum absolute atomic E-state index is 12.6. The number of alkyl halides is 1. The lowest BCUT2D eigenvalue weighted by Gasteiger charge is -2.38. The van der Waals surface area contributed by atoms with Gasteiger partial charge in [0.1, 0.15) is 0 Å². The SMILES string of the molecule is CC(CN(C)C)CC(CNC(=O)N(CCCl)N=O)(c1ccccc1)c1ccccc1. The summed E-state index contributed by atoms with van der Waals surface area (Å²) in [5.41, 5.74) is 1.78. The highest BCUT2D eigenvalue weighted by molar-refractivity contribution is 6.18. The van der Waals surface area contributed by atoms with Gasteiger partial charge in [0.2, 0.25) is 0 Å². The summed E-state index contributed by atoms with van der Waals surface area (Å²) >= 11 is 5.69. The van der Waals surface area contributed by atoms with Gasteiger partial charge in [-0.25, -0.2) is 4.79 Å². The van der Waals surface area contributed by atoms with E-state index in [2.05, 4.69) is 60.8 Å². The predicted molar refractivity (Wildman–Crippen MR) is 123 cm³/mol. The van der Waals surface area contributed by atoms with Gasteiger partial charge in [0.15, 0.2) is 0 Å². The third-order valence-corrected chi connectivity index (χ3v) is 5.37. The van der Waals surface area contributed by atoms with E-state index in [-0.39, 0.29) is 12.4 Å². The number of hydrogen-bond donors (Lipinski definition) is 1. The van der Waals surface area contributed by atoms with Crippen molar-refractivity contribution in [2.75, 3.05) is 39.6 Å². The molecule has 2 aromatic carbocycles. The van der Waals surface area contributed by atoms with Crippen LogP contribution in [0.3, 0.4) is 0 Å². The summed E-state index contributed by atoms with van der Waals surface area (Å²) in [6.07, 6.45) is 0.823. The number of nitrogens with zero attached hydrogens (tertiary/aromatic N) is 3. The van der Waals surface area contributed by atoms with Crippen molar-refractivity contribution in [3.8, 4) is 0 Å². The van der Waals surface area contributed by atoms with E-state index in [4.69, 9.17) is 11.6 Å². The zero-order valence-corrected chi connectivity index (χ0v) is 18.7. The lowest BCUT2D eigenvalue weighted by atomic mass is 9.69. The lowest BCUT2D eigenvalue weighted by molar-refractivity contribution is 0.197. The highest BCUT2D eigenvalue weighted by Crippen LogP contribution is 2.38. The third-order valence-electron chi connectivity index (χ3n) is 5.20. The lowest BCUT2D eigenvalue weighted by Crippen LogP contribution is -2.47. The van der Waals surface area contributed by atoms with E-state index in [0.29, 0.717) is 12.5 Å². The van der Waals surface area contributed by atoms with Crippen LogP contribution in [0.4, 0.5) is 4.79 Å². The van der Waals surface area contributed by atoms with Crippen LogP contribution < -0.4 is 5.32 Å². The number of amides is 2. The zero-order valence-electron chi connectivity index (χ0n) is 17.9. The number of halogens is 1. The Morgan fingerprint density at radius 2 is 1.60 bits per heavy atom. The highest BCUT2D eigenvalue weighted by atomic mass is 35.5. The normalized spacial score (nSPS) is 12.4. The first-order valence-electron chi connectivity index (χ1n) is 10.1. The molecule has 0 aromatic heterocycles. The molecule has 0 fully saturated rings. The van der Waals surface area contributed by atoms with Crippen molar-refractivity contribution in [2.45, 2.75) is 18.8 Å². The van der Waals surface area contributed by atoms with E-state index in [1.165, 1.54) is 0 Å². The predicted octanol–water partition coefficient (Wildman–Crippen LogP) is 4.49. The summed E-state index contributed by atoms with van der Waals surface area (Å²) in [5.74, 6) is 0.502. The number of carbonyl (C=O) groups excluding carboxylic acids is 1. The number of rotatable bonds is 11. The molecule has 1 N–H and O–H groups in total. The van der Waals surface area contributed by atoms with Crippen LogP contribution in [0.5, 0.6) is 0 Å². The molecule has 0 aliphatic rings. The molecule has 1 unspecified atom stereocenters. The number of urea groups is 1. The Kier molecular flexibility index (Phi) is 9.27. The largest absolute Gasteiger partial charge is 0.340 e. The Balaban J connectivity index is 2.45. The summed E-state index contributed by atoms with van der Waals surface area (Å²) in [7, 11) is 4.12. The molecule has 0 aliphatic heterocycles. The van der Waals surface area contributed by atoms with Crippen LogP contribution in [0.2, 0.25) is 0 Å². The van der Waals surface area contributed by atoms with Crippen molar-refractivity contribution < 1.29 is 4.79 Å². The molecule has 2 rings (SSSR count). The average molecular weight is 431 g/mol. The molecule has 0 bridgehead atoms. The van der Waals surface area contributed by atoms with Gasteiger partial charge in [0.05, 0.1) is 11.8 Å². The zero-order chi connectivity index (χ0) is 22.0. The summed E-state index contributed by atoms with van der Waals surface area (Å²) in [6.45, 7) is 3.54. The van der Waals surface area contributed by atoms with Gasteiger partial charge in [0.25, 0.3) is 0 Å². The van der Waals surface area contributed by atoms with Crippen LogP contribution in [-0.4, -0.2) is 55.5 Å². The molecule has 2 aromatic rings. The van der Waals surface area contributed by atoms with E-state index in [1.54, 1.807) is 0 Å². The molecule has 0 saturated heterocycles. The molecule has 2 amide bonds. The Morgan fingerprint density at radius 3 is 2.03 bits per heavy atom. The first kappa shape index (κ1) is 23.8. The molecule has 30 heavy (non-hydrogen) atoms. The maximum Gasteiger partial charge on any atom is 0.340 e. The standard InChI is InChI=1S/C23H31ClN4O2/c1-19(17-27(2)3)16-23(20-10-6-4-7-11-20,21-12-8-5-9-13-21)18-25-22(29)28(26-30)15-14-24/h4-13,19H,14-18H2,1-3H3,(H,25,29). The number of carbonyl (C=O) groups is 1. The summed E-state index contributed by atoms with van der Waals surface area (Å²) < 4.78 is 0. The minimum atomic E-state index is -0.540. The van der Waals surface area contributed by atoms with E-state index < -0.39 is 11.4 Å². The van der Waals surface area contributed by atoms with Crippen molar-refractivity contribution in [3.63, 3.8) is 0 Å². The van der Waals surface area contributed by atoms with Gasteiger partial charge in [-0.05, 0) is 37.6 Å². The summed E-state index contributed by atoms with van der Waals surface area (Å²) in [4.78, 5) is 25.8. The van der Waals surface area contributed by atoms with Crippen molar-refractivity contribution >= 4 is 17.6 Å². The van der Waals surface area contributed by atoms with Gasteiger partial charge < -0.3 is 10.2 Å². The van der Waals surface area contributed by atoms with Gasteiger partial charge in [-0.3, -0.25) is 0 Å². The molecular formula is C23H31ClN4O2. The van der Waals surface area contributed by atoms with Gasteiger partial charge >= 0.3 is 6.03 Å². The van der Waals surface area contributed by atoms with Gasteiger partial charge in [-0.1, -0.05) is 67.6 Å². The van der Waals surface area contributed by atoms with Crippen molar-refractivity contribution in [3.05, 3.63) is 76.7 Å². The fourth-order valence-corrected chi connectivity index (χ4v) is 4.21. The van der Waals surface area contributed by atoms with Crippen LogP contribution in [-0.2, 0) is 5.41 Å². The molecule has 0 heterocycles. The Bertz CT molecular complexity index is 747. The minimum absolute atomic E-state index is 0.0671. The van der Waals surface area contributed by atoms with E-state index >= 15 is 0 Å². The number of nitrogens with one attached hydrogen (secondary N) is 1. The molecular weight excluding hydrogens is 400 g/mol. The quantitative estimate of drug-likeness (QED) is 0.324. The van der Waals surface area contributed by atoms with E-state index in [1.807, 2.05) is 36.4 Å². The molecule has 0 aliphatic carbocycles. The second-order valence-corrected chi connectivity index (χ2v) is 8.32. The van der Waals surface area contributed by atoms with Crippen LogP contribution in [0, 0.1) is 10.8 Å². The molecule has 162 valence electrons. The van der Waals surface area contributed by atoms with Crippen molar-refractivity contribution in [1.29, 1.82) is 0 Å². The molecule has 0 spiro atoms. The first-order valence-corrected chi connectivity index (χ1v) is 10.7. The fraction of sp³-hybridized carbons (Fsp3) is 0.435. The summed E-state index contributed by atoms with van der Waals surface area (Å²) in [5, 5.41) is 6.57. The Hall–Kier alpha value is -2.44. The van der Waals surface area contributed by atoms with Gasteiger partial charge in [-0.15, -0.1) is 16.5 Å². The minimum Gasteiger partial charge on any atom is -0.335 e. The van der Waals surface area contributed by atoms with Gasteiger partial charge in [-0.2, -0.15) is 5.01 Å². The third kappa shape index (κ3) is 6.28. The van der Waals surface area contributed by atoms with E-state index in [0.717, 1.165) is 29.1 Å². The average Bonchev–Trinajstić information content (AvgIpc) is 2.75. The van der Waals surface area contributed by atoms with Crippen molar-refractivity contribution in [2.24, 2.45) is 11.2 Å². The number of hydrogen-bond acceptors (Lipinski definition) is 4. The smallest absolute Gasteiger partial charge is 0.335 e. The molecule has 7 heteroatoms. The molecule has 0 radical (unpaired) electrons. The molecule has 1 atom stereocenters. The summed E-state index contributed by atoms with van der Waals surface area (Å²) in [6, 6.07) is 19.9. The van der Waals surface area contributed by atoms with Crippen molar-refractivity contribution in [1.82, 2.24) is 15.2 Å². The monoisotopic (exact) mass is 430 g/mol. The second kappa shape index (κ2) is 11.7. The first-order chi connectivity index (χ1) is 14.4. The van der Waals surface area contributed by atoms with Gasteiger partial charge in [0, 0.05) is 24.4 Å². The maximum atomic E-state index is 12.6. The molecule has 6 nitrogen and oxygen atoms in total. The van der Waals surface area contributed by atoms with E-state index in [9.17, 15) is 9.70 Å². The fourth-order valence-electron chi connectivity index (χ4n) is 4.05. The Labute approximate surface area is 184 Å². The second-order valence-electron chi connectivity index (χ2n) is 7.94. The van der Waals surface area contributed by atoms with Crippen LogP contribution in [0.25, 0.3) is 0 Å². The number of benzene rings is 2. The van der Waals surface area contributed by atoms with Crippen LogP contribution in [0.1, 0.15) is 24.5 Å². The van der Waals surface area contributed by atoms with Crippen LogP contribution in [0.15, 0.2) is 65.9 Å². The highest BCUT2D eigenvalue weighted by Gasteiger charge is 2.36. The van der Waals surface area contributed by atoms with Crippen LogP contribution >= 0.6 is 11.6 Å². The number of nitroso groups, excluding NO2 is 1. The topological polar surface area (TPSA) is 65.0 Å².